The van der Waals surface area contributed by atoms with Crippen LogP contribution in [0, 0.1) is 13.8 Å². The van der Waals surface area contributed by atoms with E-state index in [4.69, 9.17) is 0 Å². The molecule has 0 bridgehead atoms. The standard InChI is InChI=1S/C23H27N5/c1-16-12-17(2)28(27-16)22-11-7-5-9-19(22)14-25-23(24-3)26-15-20-13-18-8-4-6-10-21(18)20/h4-12,20H,13-15H2,1-3H3,(H2,24,25,26). The highest BCUT2D eigenvalue weighted by atomic mass is 15.3. The number of guanidine groups is 1. The van der Waals surface area contributed by atoms with Gasteiger partial charge in [-0.2, -0.15) is 5.10 Å². The second kappa shape index (κ2) is 7.89. The minimum absolute atomic E-state index is 0.566. The minimum Gasteiger partial charge on any atom is -0.356 e. The highest BCUT2D eigenvalue weighted by molar-refractivity contribution is 5.79. The van der Waals surface area contributed by atoms with Gasteiger partial charge in [-0.05, 0) is 49.1 Å². The van der Waals surface area contributed by atoms with Crippen molar-refractivity contribution in [1.82, 2.24) is 20.4 Å². The van der Waals surface area contributed by atoms with E-state index in [0.29, 0.717) is 12.5 Å². The average Bonchev–Trinajstić information content (AvgIpc) is 3.03. The van der Waals surface area contributed by atoms with Crippen molar-refractivity contribution in [2.75, 3.05) is 13.6 Å². The van der Waals surface area contributed by atoms with Crippen LogP contribution in [0.5, 0.6) is 0 Å². The quantitative estimate of drug-likeness (QED) is 0.532. The maximum Gasteiger partial charge on any atom is 0.191 e. The van der Waals surface area contributed by atoms with Crippen molar-refractivity contribution in [3.05, 3.63) is 82.7 Å². The molecule has 0 amide bonds. The molecule has 2 aromatic carbocycles. The molecule has 1 unspecified atom stereocenters. The van der Waals surface area contributed by atoms with E-state index < -0.39 is 0 Å². The molecule has 1 aliphatic carbocycles. The van der Waals surface area contributed by atoms with Gasteiger partial charge in [0.2, 0.25) is 0 Å². The van der Waals surface area contributed by atoms with Gasteiger partial charge < -0.3 is 10.6 Å². The summed E-state index contributed by atoms with van der Waals surface area (Å²) in [5.74, 6) is 1.39. The van der Waals surface area contributed by atoms with Gasteiger partial charge in [0.15, 0.2) is 5.96 Å². The maximum atomic E-state index is 4.63. The number of nitrogens with one attached hydrogen (secondary N) is 2. The topological polar surface area (TPSA) is 54.2 Å². The number of aliphatic imine (C=N–C) groups is 1. The van der Waals surface area contributed by atoms with E-state index in [9.17, 15) is 0 Å². The average molecular weight is 374 g/mol. The van der Waals surface area contributed by atoms with Gasteiger partial charge in [-0.25, -0.2) is 4.68 Å². The van der Waals surface area contributed by atoms with Crippen LogP contribution in [-0.2, 0) is 13.0 Å². The fraction of sp³-hybridized carbons (Fsp3) is 0.304. The zero-order valence-corrected chi connectivity index (χ0v) is 16.7. The van der Waals surface area contributed by atoms with Crippen LogP contribution in [0.3, 0.4) is 0 Å². The van der Waals surface area contributed by atoms with Crippen LogP contribution in [0.1, 0.15) is 34.0 Å². The summed E-state index contributed by atoms with van der Waals surface area (Å²) >= 11 is 0. The third-order valence-corrected chi connectivity index (χ3v) is 5.38. The number of aromatic nitrogens is 2. The number of hydrogen-bond acceptors (Lipinski definition) is 2. The first-order valence-electron chi connectivity index (χ1n) is 9.79. The van der Waals surface area contributed by atoms with E-state index in [-0.39, 0.29) is 0 Å². The highest BCUT2D eigenvalue weighted by Gasteiger charge is 2.25. The molecule has 5 nitrogen and oxygen atoms in total. The monoisotopic (exact) mass is 373 g/mol. The number of aryl methyl sites for hydroxylation is 2. The van der Waals surface area contributed by atoms with E-state index in [1.165, 1.54) is 16.7 Å². The molecular formula is C23H27N5. The number of rotatable bonds is 5. The van der Waals surface area contributed by atoms with Crippen LogP contribution in [0.4, 0.5) is 0 Å². The number of nitrogens with zero attached hydrogens (tertiary/aromatic N) is 3. The lowest BCUT2D eigenvalue weighted by atomic mass is 9.78. The molecule has 0 spiro atoms. The summed E-state index contributed by atoms with van der Waals surface area (Å²) in [4.78, 5) is 4.39. The molecular weight excluding hydrogens is 346 g/mol. The van der Waals surface area contributed by atoms with Crippen molar-refractivity contribution in [3.63, 3.8) is 0 Å². The first-order chi connectivity index (χ1) is 13.7. The molecule has 3 aromatic rings. The summed E-state index contributed by atoms with van der Waals surface area (Å²) < 4.78 is 2.01. The Kier molecular flexibility index (Phi) is 5.15. The number of hydrogen-bond donors (Lipinski definition) is 2. The van der Waals surface area contributed by atoms with Crippen LogP contribution < -0.4 is 10.6 Å². The van der Waals surface area contributed by atoms with E-state index in [2.05, 4.69) is 82.2 Å². The van der Waals surface area contributed by atoms with Crippen molar-refractivity contribution in [3.8, 4) is 5.69 Å². The van der Waals surface area contributed by atoms with E-state index in [0.717, 1.165) is 36.0 Å². The molecule has 1 atom stereocenters. The molecule has 0 radical (unpaired) electrons. The molecule has 0 saturated heterocycles. The molecule has 0 fully saturated rings. The third-order valence-electron chi connectivity index (χ3n) is 5.38. The maximum absolute atomic E-state index is 4.63. The van der Waals surface area contributed by atoms with Crippen LogP contribution in [0.25, 0.3) is 5.69 Å². The van der Waals surface area contributed by atoms with Gasteiger partial charge in [-0.15, -0.1) is 0 Å². The normalized spacial score (nSPS) is 15.7. The summed E-state index contributed by atoms with van der Waals surface area (Å²) in [6, 6.07) is 19.1. The van der Waals surface area contributed by atoms with Gasteiger partial charge in [0.1, 0.15) is 0 Å². The Morgan fingerprint density at radius 3 is 2.64 bits per heavy atom. The summed E-state index contributed by atoms with van der Waals surface area (Å²) in [5.41, 5.74) is 7.38. The Morgan fingerprint density at radius 1 is 1.11 bits per heavy atom. The summed E-state index contributed by atoms with van der Waals surface area (Å²) in [5, 5.41) is 11.6. The van der Waals surface area contributed by atoms with Crippen LogP contribution in [0.2, 0.25) is 0 Å². The molecule has 5 heteroatoms. The Morgan fingerprint density at radius 2 is 1.89 bits per heavy atom. The minimum atomic E-state index is 0.566. The van der Waals surface area contributed by atoms with Gasteiger partial charge in [-0.1, -0.05) is 42.5 Å². The zero-order valence-electron chi connectivity index (χ0n) is 16.7. The molecule has 0 aliphatic heterocycles. The first kappa shape index (κ1) is 18.3. The summed E-state index contributed by atoms with van der Waals surface area (Å²) in [6.07, 6.45) is 1.14. The fourth-order valence-electron chi connectivity index (χ4n) is 3.90. The van der Waals surface area contributed by atoms with Gasteiger partial charge in [0.05, 0.1) is 11.4 Å². The molecule has 2 N–H and O–H groups in total. The molecule has 1 aromatic heterocycles. The van der Waals surface area contributed by atoms with Crippen LogP contribution >= 0.6 is 0 Å². The van der Waals surface area contributed by atoms with Crippen molar-refractivity contribution < 1.29 is 0 Å². The lowest BCUT2D eigenvalue weighted by molar-refractivity contribution is 0.583. The van der Waals surface area contributed by atoms with Gasteiger partial charge in [-0.3, -0.25) is 4.99 Å². The summed E-state index contributed by atoms with van der Waals surface area (Å²) in [6.45, 7) is 5.70. The van der Waals surface area contributed by atoms with Crippen LogP contribution in [-0.4, -0.2) is 29.3 Å². The zero-order chi connectivity index (χ0) is 19.5. The van der Waals surface area contributed by atoms with Crippen LogP contribution in [0.15, 0.2) is 59.6 Å². The molecule has 4 rings (SSSR count). The lowest BCUT2D eigenvalue weighted by Gasteiger charge is -2.30. The summed E-state index contributed by atoms with van der Waals surface area (Å²) in [7, 11) is 1.82. The van der Waals surface area contributed by atoms with Crippen molar-refractivity contribution in [1.29, 1.82) is 0 Å². The number of para-hydroxylation sites is 1. The van der Waals surface area contributed by atoms with Crippen molar-refractivity contribution >= 4 is 5.96 Å². The second-order valence-corrected chi connectivity index (χ2v) is 7.37. The Hall–Kier alpha value is -3.08. The SMILES string of the molecule is CN=C(NCc1ccccc1-n1nc(C)cc1C)NCC1Cc2ccccc21. The van der Waals surface area contributed by atoms with Crippen molar-refractivity contribution in [2.24, 2.45) is 4.99 Å². The van der Waals surface area contributed by atoms with Gasteiger partial charge in [0.25, 0.3) is 0 Å². The predicted molar refractivity (Wildman–Crippen MR) is 114 cm³/mol. The van der Waals surface area contributed by atoms with Crippen molar-refractivity contribution in [2.45, 2.75) is 32.7 Å². The second-order valence-electron chi connectivity index (χ2n) is 7.37. The Balaban J connectivity index is 1.39. The number of benzene rings is 2. The molecule has 1 aliphatic rings. The van der Waals surface area contributed by atoms with E-state index in [1.54, 1.807) is 0 Å². The van der Waals surface area contributed by atoms with Gasteiger partial charge >= 0.3 is 0 Å². The molecule has 1 heterocycles. The first-order valence-corrected chi connectivity index (χ1v) is 9.79. The molecule has 144 valence electrons. The third kappa shape index (κ3) is 3.65. The van der Waals surface area contributed by atoms with E-state index in [1.807, 2.05) is 18.7 Å². The molecule has 28 heavy (non-hydrogen) atoms. The lowest BCUT2D eigenvalue weighted by Crippen LogP contribution is -2.40. The Bertz CT molecular complexity index is 1000. The number of fused-ring (bicyclic) bond motifs is 1. The largest absolute Gasteiger partial charge is 0.356 e. The predicted octanol–water partition coefficient (Wildman–Crippen LogP) is 3.49. The van der Waals surface area contributed by atoms with Gasteiger partial charge in [0, 0.05) is 31.7 Å². The smallest absolute Gasteiger partial charge is 0.191 e. The Labute approximate surface area is 166 Å². The van der Waals surface area contributed by atoms with E-state index >= 15 is 0 Å². The fourth-order valence-corrected chi connectivity index (χ4v) is 3.90. The highest BCUT2D eigenvalue weighted by Crippen LogP contribution is 2.33. The molecule has 0 saturated carbocycles.